The molecule has 0 saturated heterocycles. The van der Waals surface area contributed by atoms with Crippen LogP contribution in [0.15, 0.2) is 22.1 Å². The molecule has 0 bridgehead atoms. The molecule has 1 N–H and O–H groups in total. The molecule has 0 radical (unpaired) electrons. The number of rotatable bonds is 7. The van der Waals surface area contributed by atoms with E-state index >= 15 is 0 Å². The average Bonchev–Trinajstić information content (AvgIpc) is 2.81. The molecule has 0 spiro atoms. The van der Waals surface area contributed by atoms with Gasteiger partial charge in [-0.15, -0.1) is 0 Å². The number of oxazole rings is 1. The van der Waals surface area contributed by atoms with Crippen LogP contribution in [0.3, 0.4) is 0 Å². The lowest BCUT2D eigenvalue weighted by atomic mass is 9.96. The van der Waals surface area contributed by atoms with Crippen molar-refractivity contribution in [2.24, 2.45) is 0 Å². The number of hydrogen-bond donors (Lipinski definition) is 1. The van der Waals surface area contributed by atoms with E-state index < -0.39 is 5.54 Å². The fraction of sp³-hybridized carbons (Fsp3) is 0.667. The maximum atomic E-state index is 11.9. The van der Waals surface area contributed by atoms with E-state index in [1.54, 1.807) is 20.2 Å². The van der Waals surface area contributed by atoms with Gasteiger partial charge in [-0.05, 0) is 27.3 Å². The first kappa shape index (κ1) is 15.0. The minimum absolute atomic E-state index is 0.186. The number of hydrogen-bond acceptors (Lipinski definition) is 6. The first-order chi connectivity index (χ1) is 8.51. The molecule has 5 nitrogen and oxygen atoms in total. The molecule has 0 aliphatic rings. The standard InChI is InChI=1S/C12H20N2O3S/c1-5-16-10(15)12(3,13-4)8-9(2)18-11-14-6-7-17-11/h6-7,9,13H,5,8H2,1-4H3. The van der Waals surface area contributed by atoms with E-state index in [1.807, 2.05) is 13.8 Å². The summed E-state index contributed by atoms with van der Waals surface area (Å²) in [4.78, 5) is 16.0. The lowest BCUT2D eigenvalue weighted by molar-refractivity contribution is -0.150. The van der Waals surface area contributed by atoms with Crippen LogP contribution in [0.5, 0.6) is 0 Å². The Labute approximate surface area is 112 Å². The van der Waals surface area contributed by atoms with Crippen molar-refractivity contribution in [3.05, 3.63) is 12.5 Å². The summed E-state index contributed by atoms with van der Waals surface area (Å²) in [6.45, 7) is 6.07. The first-order valence-corrected chi connectivity index (χ1v) is 6.82. The lowest BCUT2D eigenvalue weighted by Crippen LogP contribution is -2.50. The Hall–Kier alpha value is -1.01. The van der Waals surface area contributed by atoms with Crippen molar-refractivity contribution in [2.75, 3.05) is 13.7 Å². The maximum Gasteiger partial charge on any atom is 0.326 e. The van der Waals surface area contributed by atoms with E-state index in [4.69, 9.17) is 9.15 Å². The molecule has 102 valence electrons. The molecule has 1 aromatic heterocycles. The molecule has 0 amide bonds. The van der Waals surface area contributed by atoms with E-state index in [2.05, 4.69) is 10.3 Å². The van der Waals surface area contributed by atoms with Gasteiger partial charge in [-0.25, -0.2) is 4.98 Å². The van der Waals surface area contributed by atoms with E-state index in [9.17, 15) is 4.79 Å². The number of nitrogens with zero attached hydrogens (tertiary/aromatic N) is 1. The van der Waals surface area contributed by atoms with Gasteiger partial charge in [0.2, 0.25) is 0 Å². The van der Waals surface area contributed by atoms with Crippen LogP contribution in [0.4, 0.5) is 0 Å². The Kier molecular flexibility index (Phi) is 5.68. The summed E-state index contributed by atoms with van der Waals surface area (Å²) in [5.41, 5.74) is -0.685. The summed E-state index contributed by atoms with van der Waals surface area (Å²) in [5.74, 6) is -0.229. The zero-order valence-corrected chi connectivity index (χ0v) is 12.0. The monoisotopic (exact) mass is 272 g/mol. The molecule has 0 fully saturated rings. The van der Waals surface area contributed by atoms with Crippen LogP contribution in [0.25, 0.3) is 0 Å². The molecule has 1 heterocycles. The van der Waals surface area contributed by atoms with Crippen LogP contribution in [0, 0.1) is 0 Å². The molecule has 18 heavy (non-hydrogen) atoms. The molecule has 0 saturated carbocycles. The summed E-state index contributed by atoms with van der Waals surface area (Å²) in [6.07, 6.45) is 3.78. The van der Waals surface area contributed by atoms with Crippen LogP contribution < -0.4 is 5.32 Å². The van der Waals surface area contributed by atoms with E-state index in [1.165, 1.54) is 18.0 Å². The highest BCUT2D eigenvalue weighted by atomic mass is 32.2. The highest BCUT2D eigenvalue weighted by Crippen LogP contribution is 2.28. The van der Waals surface area contributed by atoms with Crippen molar-refractivity contribution < 1.29 is 13.9 Å². The zero-order valence-electron chi connectivity index (χ0n) is 11.2. The number of carbonyl (C=O) groups is 1. The Bertz CT molecular complexity index is 369. The molecule has 0 aliphatic carbocycles. The number of aromatic nitrogens is 1. The number of esters is 1. The van der Waals surface area contributed by atoms with Crippen molar-refractivity contribution in [3.8, 4) is 0 Å². The van der Waals surface area contributed by atoms with E-state index in [0.29, 0.717) is 18.3 Å². The van der Waals surface area contributed by atoms with Gasteiger partial charge in [0, 0.05) is 5.25 Å². The van der Waals surface area contributed by atoms with Crippen molar-refractivity contribution in [1.29, 1.82) is 0 Å². The topological polar surface area (TPSA) is 64.4 Å². The van der Waals surface area contributed by atoms with Gasteiger partial charge in [-0.2, -0.15) is 0 Å². The lowest BCUT2D eigenvalue weighted by Gasteiger charge is -2.28. The van der Waals surface area contributed by atoms with Gasteiger partial charge >= 0.3 is 5.97 Å². The van der Waals surface area contributed by atoms with Gasteiger partial charge in [0.05, 0.1) is 12.8 Å². The zero-order chi connectivity index (χ0) is 13.6. The van der Waals surface area contributed by atoms with Crippen molar-refractivity contribution in [1.82, 2.24) is 10.3 Å². The second kappa shape index (κ2) is 6.80. The fourth-order valence-corrected chi connectivity index (χ4v) is 2.63. The minimum atomic E-state index is -0.685. The Morgan fingerprint density at radius 2 is 2.44 bits per heavy atom. The molecule has 2 atom stereocenters. The molecule has 1 aromatic rings. The third-order valence-corrected chi connectivity index (χ3v) is 3.66. The van der Waals surface area contributed by atoms with Gasteiger partial charge in [0.15, 0.2) is 0 Å². The largest absolute Gasteiger partial charge is 0.465 e. The number of likely N-dealkylation sites (N-methyl/N-ethyl adjacent to an activating group) is 1. The maximum absolute atomic E-state index is 11.9. The molecule has 6 heteroatoms. The van der Waals surface area contributed by atoms with Crippen LogP contribution >= 0.6 is 11.8 Å². The fourth-order valence-electron chi connectivity index (χ4n) is 1.64. The minimum Gasteiger partial charge on any atom is -0.465 e. The van der Waals surface area contributed by atoms with Crippen LogP contribution in [0.1, 0.15) is 27.2 Å². The second-order valence-electron chi connectivity index (χ2n) is 4.23. The van der Waals surface area contributed by atoms with Crippen molar-refractivity contribution in [3.63, 3.8) is 0 Å². The quantitative estimate of drug-likeness (QED) is 0.605. The van der Waals surface area contributed by atoms with Crippen LogP contribution in [0.2, 0.25) is 0 Å². The Morgan fingerprint density at radius 3 is 2.94 bits per heavy atom. The third-order valence-electron chi connectivity index (χ3n) is 2.69. The number of thioether (sulfide) groups is 1. The number of ether oxygens (including phenoxy) is 1. The Morgan fingerprint density at radius 1 is 1.72 bits per heavy atom. The summed E-state index contributed by atoms with van der Waals surface area (Å²) in [5, 5.41) is 3.84. The average molecular weight is 272 g/mol. The summed E-state index contributed by atoms with van der Waals surface area (Å²) >= 11 is 1.50. The molecular formula is C12H20N2O3S. The SMILES string of the molecule is CCOC(=O)C(C)(CC(C)Sc1ncco1)NC. The molecule has 0 aromatic carbocycles. The number of nitrogens with one attached hydrogen (secondary N) is 1. The molecular weight excluding hydrogens is 252 g/mol. The number of carbonyl (C=O) groups excluding carboxylic acids is 1. The van der Waals surface area contributed by atoms with Crippen molar-refractivity contribution in [2.45, 2.75) is 43.2 Å². The second-order valence-corrected chi connectivity index (χ2v) is 5.62. The van der Waals surface area contributed by atoms with Gasteiger partial charge in [-0.3, -0.25) is 4.79 Å². The normalized spacial score (nSPS) is 16.0. The Balaban J connectivity index is 2.58. The van der Waals surface area contributed by atoms with E-state index in [-0.39, 0.29) is 11.2 Å². The summed E-state index contributed by atoms with van der Waals surface area (Å²) in [6, 6.07) is 0. The van der Waals surface area contributed by atoms with Gasteiger partial charge in [0.1, 0.15) is 11.8 Å². The predicted octanol–water partition coefficient (Wildman–Crippen LogP) is 2.09. The van der Waals surface area contributed by atoms with Gasteiger partial charge < -0.3 is 14.5 Å². The molecule has 1 rings (SSSR count). The summed E-state index contributed by atoms with van der Waals surface area (Å²) < 4.78 is 10.3. The molecule has 2 unspecified atom stereocenters. The highest BCUT2D eigenvalue weighted by Gasteiger charge is 2.35. The van der Waals surface area contributed by atoms with Crippen molar-refractivity contribution >= 4 is 17.7 Å². The highest BCUT2D eigenvalue weighted by molar-refractivity contribution is 7.99. The van der Waals surface area contributed by atoms with Crippen LogP contribution in [-0.2, 0) is 9.53 Å². The van der Waals surface area contributed by atoms with Crippen LogP contribution in [-0.4, -0.2) is 35.4 Å². The van der Waals surface area contributed by atoms with Gasteiger partial charge in [0.25, 0.3) is 5.22 Å². The van der Waals surface area contributed by atoms with Gasteiger partial charge in [-0.1, -0.05) is 18.7 Å². The smallest absolute Gasteiger partial charge is 0.326 e. The first-order valence-electron chi connectivity index (χ1n) is 5.94. The molecule has 0 aliphatic heterocycles. The summed E-state index contributed by atoms with van der Waals surface area (Å²) in [7, 11) is 1.76. The predicted molar refractivity (Wildman–Crippen MR) is 70.5 cm³/mol. The van der Waals surface area contributed by atoms with E-state index in [0.717, 1.165) is 0 Å². The third kappa shape index (κ3) is 4.03.